The topological polar surface area (TPSA) is 164 Å². The predicted octanol–water partition coefficient (Wildman–Crippen LogP) is 3.18. The second kappa shape index (κ2) is 14.1. The van der Waals surface area contributed by atoms with E-state index in [0.29, 0.717) is 45.1 Å². The van der Waals surface area contributed by atoms with Gasteiger partial charge in [0, 0.05) is 17.6 Å². The fourth-order valence-electron chi connectivity index (χ4n) is 5.87. The van der Waals surface area contributed by atoms with Gasteiger partial charge in [0.1, 0.15) is 12.1 Å². The number of benzene rings is 1. The third-order valence-electron chi connectivity index (χ3n) is 8.98. The second-order valence-corrected chi connectivity index (χ2v) is 13.1. The molecule has 2 aromatic rings. The van der Waals surface area contributed by atoms with E-state index in [0.717, 1.165) is 28.6 Å². The molecule has 1 aliphatic carbocycles. The molecular weight excluding hydrogens is 574 g/mol. The Labute approximate surface area is 264 Å². The van der Waals surface area contributed by atoms with Crippen LogP contribution in [0.25, 0.3) is 17.0 Å². The molecule has 1 aromatic carbocycles. The van der Waals surface area contributed by atoms with Gasteiger partial charge in [0.2, 0.25) is 5.91 Å². The van der Waals surface area contributed by atoms with Crippen molar-refractivity contribution in [2.75, 3.05) is 6.54 Å². The number of carbonyl (C=O) groups excluding carboxylic acids is 4. The molecule has 3 atom stereocenters. The number of fused-ring (bicyclic) bond motifs is 1. The summed E-state index contributed by atoms with van der Waals surface area (Å²) in [6.07, 6.45) is 6.01. The molecule has 0 radical (unpaired) electrons. The number of carbonyl (C=O) groups is 4. The number of nitrogens with one attached hydrogen (secondary N) is 2. The highest BCUT2D eigenvalue weighted by Crippen LogP contribution is 2.44. The van der Waals surface area contributed by atoms with E-state index < -0.39 is 52.9 Å². The fourth-order valence-corrected chi connectivity index (χ4v) is 5.87. The lowest BCUT2D eigenvalue weighted by atomic mass is 9.68. The standard InChI is InChI=1S/C34H47N5O6/c1-6-25-12-11-24-10-9-23(20-27(24)37-25)13-14-34(17-15-33(5,44)16-18-34)32(43)45-28(21(2)3)30(41)36-22(4)31(42)39-19-7-8-26(38-39)29(35)40/h9-14,20-22,26,28,38,44H,6-8,15-19H2,1-5H3,(H2,35,40)(H,36,41). The molecule has 1 saturated carbocycles. The summed E-state index contributed by atoms with van der Waals surface area (Å²) < 4.78 is 5.95. The van der Waals surface area contributed by atoms with Gasteiger partial charge in [0.05, 0.1) is 16.5 Å². The normalized spacial score (nSPS) is 25.2. The van der Waals surface area contributed by atoms with Gasteiger partial charge >= 0.3 is 5.97 Å². The Morgan fingerprint density at radius 1 is 1.16 bits per heavy atom. The monoisotopic (exact) mass is 621 g/mol. The van der Waals surface area contributed by atoms with Crippen LogP contribution in [0.2, 0.25) is 0 Å². The van der Waals surface area contributed by atoms with Crippen molar-refractivity contribution in [2.24, 2.45) is 17.1 Å². The molecule has 1 aromatic heterocycles. The SMILES string of the molecule is CCc1ccc2ccc(C=CC3(C(=O)OC(C(=O)NC(C)C(=O)N4CCCC(C(N)=O)N4)C(C)C)CCC(C)(O)CC3)cc2n1. The zero-order valence-electron chi connectivity index (χ0n) is 27.0. The van der Waals surface area contributed by atoms with Gasteiger partial charge in [-0.1, -0.05) is 51.1 Å². The number of pyridine rings is 1. The molecule has 11 nitrogen and oxygen atoms in total. The van der Waals surface area contributed by atoms with Crippen LogP contribution in [0.4, 0.5) is 0 Å². The maximum Gasteiger partial charge on any atom is 0.316 e. The van der Waals surface area contributed by atoms with Crippen LogP contribution in [-0.4, -0.2) is 69.1 Å². The number of esters is 1. The van der Waals surface area contributed by atoms with Crippen molar-refractivity contribution in [3.05, 3.63) is 47.7 Å². The summed E-state index contributed by atoms with van der Waals surface area (Å²) in [6, 6.07) is 8.40. The first-order valence-electron chi connectivity index (χ1n) is 15.9. The van der Waals surface area contributed by atoms with Crippen LogP contribution in [0.15, 0.2) is 36.4 Å². The molecule has 1 saturated heterocycles. The van der Waals surface area contributed by atoms with Crippen LogP contribution >= 0.6 is 0 Å². The first kappa shape index (κ1) is 34.1. The second-order valence-electron chi connectivity index (χ2n) is 13.1. The molecule has 4 rings (SSSR count). The number of hydrogen-bond acceptors (Lipinski definition) is 8. The third-order valence-corrected chi connectivity index (χ3v) is 8.98. The van der Waals surface area contributed by atoms with E-state index >= 15 is 0 Å². The maximum absolute atomic E-state index is 14.0. The lowest BCUT2D eigenvalue weighted by molar-refractivity contribution is -0.170. The number of primary amides is 1. The minimum atomic E-state index is -1.15. The maximum atomic E-state index is 14.0. The van der Waals surface area contributed by atoms with Gasteiger partial charge in [-0.15, -0.1) is 0 Å². The van der Waals surface area contributed by atoms with Crippen LogP contribution in [0, 0.1) is 11.3 Å². The Kier molecular flexibility index (Phi) is 10.7. The highest BCUT2D eigenvalue weighted by atomic mass is 16.5. The zero-order valence-corrected chi connectivity index (χ0v) is 27.0. The number of aliphatic hydroxyl groups is 1. The van der Waals surface area contributed by atoms with E-state index in [2.05, 4.69) is 17.7 Å². The molecular formula is C34H47N5O6. The van der Waals surface area contributed by atoms with E-state index in [1.807, 2.05) is 42.5 Å². The van der Waals surface area contributed by atoms with E-state index in [1.165, 1.54) is 5.01 Å². The molecule has 5 N–H and O–H groups in total. The average Bonchev–Trinajstić information content (AvgIpc) is 3.02. The molecule has 0 spiro atoms. The summed E-state index contributed by atoms with van der Waals surface area (Å²) in [7, 11) is 0. The first-order valence-corrected chi connectivity index (χ1v) is 15.9. The number of hydrazine groups is 1. The highest BCUT2D eigenvalue weighted by Gasteiger charge is 2.46. The molecule has 2 heterocycles. The number of nitrogens with zero attached hydrogens (tertiary/aromatic N) is 2. The third kappa shape index (κ3) is 8.26. The number of amides is 3. The first-order chi connectivity index (χ1) is 21.2. The van der Waals surface area contributed by atoms with E-state index in [1.54, 1.807) is 27.7 Å². The van der Waals surface area contributed by atoms with Gasteiger partial charge in [-0.05, 0) is 82.4 Å². The van der Waals surface area contributed by atoms with Crippen molar-refractivity contribution in [1.82, 2.24) is 20.7 Å². The molecule has 0 bridgehead atoms. The number of rotatable bonds is 10. The van der Waals surface area contributed by atoms with Gasteiger partial charge in [0.15, 0.2) is 6.10 Å². The number of ether oxygens (including phenoxy) is 1. The fraction of sp³-hybridized carbons (Fsp3) is 0.559. The van der Waals surface area contributed by atoms with Gasteiger partial charge in [-0.3, -0.25) is 29.2 Å². The van der Waals surface area contributed by atoms with Crippen molar-refractivity contribution in [1.29, 1.82) is 0 Å². The smallest absolute Gasteiger partial charge is 0.316 e. The number of aromatic nitrogens is 1. The minimum Gasteiger partial charge on any atom is -0.451 e. The van der Waals surface area contributed by atoms with Crippen molar-refractivity contribution < 1.29 is 29.0 Å². The quantitative estimate of drug-likeness (QED) is 0.294. The van der Waals surface area contributed by atoms with Gasteiger partial charge in [-0.25, -0.2) is 5.43 Å². The number of nitrogens with two attached hydrogens (primary N) is 1. The summed E-state index contributed by atoms with van der Waals surface area (Å²) in [5.74, 6) is -2.48. The summed E-state index contributed by atoms with van der Waals surface area (Å²) >= 11 is 0. The number of aryl methyl sites for hydroxylation is 1. The summed E-state index contributed by atoms with van der Waals surface area (Å²) in [5.41, 5.74) is 9.02. The van der Waals surface area contributed by atoms with Crippen LogP contribution in [-0.2, 0) is 30.3 Å². The molecule has 45 heavy (non-hydrogen) atoms. The number of hydrogen-bond donors (Lipinski definition) is 4. The van der Waals surface area contributed by atoms with Crippen molar-refractivity contribution in [3.63, 3.8) is 0 Å². The Morgan fingerprint density at radius 3 is 2.49 bits per heavy atom. The van der Waals surface area contributed by atoms with Crippen molar-refractivity contribution in [3.8, 4) is 0 Å². The Morgan fingerprint density at radius 2 is 1.84 bits per heavy atom. The minimum absolute atomic E-state index is 0.351. The molecule has 2 fully saturated rings. The van der Waals surface area contributed by atoms with Crippen LogP contribution < -0.4 is 16.5 Å². The molecule has 3 amide bonds. The van der Waals surface area contributed by atoms with Crippen LogP contribution in [0.1, 0.15) is 84.4 Å². The Balaban J connectivity index is 1.51. The van der Waals surface area contributed by atoms with E-state index in [9.17, 15) is 24.3 Å². The molecule has 2 aliphatic rings. The lowest BCUT2D eigenvalue weighted by Gasteiger charge is -2.40. The largest absolute Gasteiger partial charge is 0.451 e. The van der Waals surface area contributed by atoms with Gasteiger partial charge < -0.3 is 20.9 Å². The average molecular weight is 622 g/mol. The molecule has 11 heteroatoms. The molecule has 244 valence electrons. The zero-order chi connectivity index (χ0) is 32.9. The Hall–Kier alpha value is -3.83. The van der Waals surface area contributed by atoms with Gasteiger partial charge in [0.25, 0.3) is 11.8 Å². The molecule has 1 aliphatic heterocycles. The lowest BCUT2D eigenvalue weighted by Crippen LogP contribution is -2.60. The summed E-state index contributed by atoms with van der Waals surface area (Å²) in [6.45, 7) is 9.28. The van der Waals surface area contributed by atoms with Crippen molar-refractivity contribution in [2.45, 2.75) is 103 Å². The van der Waals surface area contributed by atoms with Gasteiger partial charge in [-0.2, -0.15) is 0 Å². The summed E-state index contributed by atoms with van der Waals surface area (Å²) in [4.78, 5) is 56.8. The van der Waals surface area contributed by atoms with Crippen molar-refractivity contribution >= 4 is 40.7 Å². The predicted molar refractivity (Wildman–Crippen MR) is 171 cm³/mol. The van der Waals surface area contributed by atoms with E-state index in [-0.39, 0.29) is 5.92 Å². The highest BCUT2D eigenvalue weighted by molar-refractivity contribution is 5.91. The Bertz CT molecular complexity index is 1440. The molecule has 3 unspecified atom stereocenters. The van der Waals surface area contributed by atoms with E-state index in [4.69, 9.17) is 15.5 Å². The summed E-state index contributed by atoms with van der Waals surface area (Å²) in [5, 5.41) is 15.7. The van der Waals surface area contributed by atoms with Crippen LogP contribution in [0.5, 0.6) is 0 Å². The van der Waals surface area contributed by atoms with Crippen LogP contribution in [0.3, 0.4) is 0 Å².